The fourth-order valence-corrected chi connectivity index (χ4v) is 4.88. The molecule has 0 unspecified atom stereocenters. The van der Waals surface area contributed by atoms with Crippen LogP contribution in [-0.2, 0) is 4.79 Å². The first-order valence-electron chi connectivity index (χ1n) is 11.2. The summed E-state index contributed by atoms with van der Waals surface area (Å²) < 4.78 is 0. The lowest BCUT2D eigenvalue weighted by molar-refractivity contribution is -0.115. The maximum atomic E-state index is 12.1. The maximum Gasteiger partial charge on any atom is 0.290 e. The summed E-state index contributed by atoms with van der Waals surface area (Å²) in [7, 11) is 2.12. The number of likely N-dealkylation sites (N-methyl/N-ethyl adjacent to an activating group) is 1. The summed E-state index contributed by atoms with van der Waals surface area (Å²) >= 11 is 0.910. The second-order valence-corrected chi connectivity index (χ2v) is 9.42. The molecule has 5 rings (SSSR count). The van der Waals surface area contributed by atoms with Crippen LogP contribution in [0.5, 0.6) is 0 Å². The van der Waals surface area contributed by atoms with Crippen LogP contribution in [0.2, 0.25) is 0 Å². The Bertz CT molecular complexity index is 1060. The molecular formula is C23H27N7O2S. The van der Waals surface area contributed by atoms with Gasteiger partial charge in [0.25, 0.3) is 11.1 Å². The number of hydrogen-bond donors (Lipinski definition) is 1. The summed E-state index contributed by atoms with van der Waals surface area (Å²) in [4.78, 5) is 42.8. The molecule has 0 saturated carbocycles. The van der Waals surface area contributed by atoms with Crippen LogP contribution in [0.15, 0.2) is 41.3 Å². The molecule has 33 heavy (non-hydrogen) atoms. The Balaban J connectivity index is 1.40. The predicted octanol–water partition coefficient (Wildman–Crippen LogP) is 1.88. The van der Waals surface area contributed by atoms with E-state index in [1.165, 1.54) is 5.69 Å². The average molecular weight is 466 g/mol. The third kappa shape index (κ3) is 4.96. The average Bonchev–Trinajstić information content (AvgIpc) is 3.16. The number of piperazine rings is 2. The monoisotopic (exact) mass is 465 g/mol. The molecule has 0 bridgehead atoms. The molecule has 3 aliphatic rings. The Hall–Kier alpha value is -3.11. The number of aromatic nitrogens is 2. The van der Waals surface area contributed by atoms with Gasteiger partial charge in [-0.05, 0) is 37.0 Å². The van der Waals surface area contributed by atoms with E-state index in [0.717, 1.165) is 69.9 Å². The number of carbonyl (C=O) groups is 2. The maximum absolute atomic E-state index is 12.1. The number of nitrogens with one attached hydrogen (secondary N) is 1. The number of anilines is 3. The first kappa shape index (κ1) is 21.7. The van der Waals surface area contributed by atoms with Gasteiger partial charge in [0.15, 0.2) is 0 Å². The number of rotatable bonds is 4. The van der Waals surface area contributed by atoms with Crippen LogP contribution in [0.1, 0.15) is 5.69 Å². The van der Waals surface area contributed by atoms with Crippen molar-refractivity contribution < 1.29 is 9.59 Å². The molecule has 1 aromatic heterocycles. The van der Waals surface area contributed by atoms with Gasteiger partial charge in [0.05, 0.1) is 10.6 Å². The van der Waals surface area contributed by atoms with E-state index < -0.39 is 0 Å². The number of para-hydroxylation sites is 1. The Labute approximate surface area is 197 Å². The zero-order valence-electron chi connectivity index (χ0n) is 18.6. The van der Waals surface area contributed by atoms with E-state index in [9.17, 15) is 9.59 Å². The van der Waals surface area contributed by atoms with Gasteiger partial charge in [0, 0.05) is 64.1 Å². The number of nitrogens with zero attached hydrogens (tertiary/aromatic N) is 6. The van der Waals surface area contributed by atoms with E-state index in [4.69, 9.17) is 9.97 Å². The highest BCUT2D eigenvalue weighted by molar-refractivity contribution is 8.18. The third-order valence-electron chi connectivity index (χ3n) is 6.15. The largest absolute Gasteiger partial charge is 0.368 e. The Morgan fingerprint density at radius 1 is 0.879 bits per heavy atom. The lowest BCUT2D eigenvalue weighted by atomic mass is 10.2. The van der Waals surface area contributed by atoms with E-state index >= 15 is 0 Å². The van der Waals surface area contributed by atoms with E-state index in [1.54, 1.807) is 6.08 Å². The molecule has 0 radical (unpaired) electrons. The minimum absolute atomic E-state index is 0.350. The molecule has 3 fully saturated rings. The molecular weight excluding hydrogens is 438 g/mol. The fourth-order valence-electron chi connectivity index (χ4n) is 4.21. The fraction of sp³-hybridized carbons (Fsp3) is 0.391. The standard InChI is InChI=1S/C23H27N7O2S/c1-27-7-9-29(10-8-27)20-16-17(15-19-21(31)26-23(32)33-19)24-22(25-20)30-13-11-28(12-14-30)18-5-3-2-4-6-18/h2-6,15-16H,7-14H2,1H3,(H,26,31,32)/b19-15+. The molecule has 1 N–H and O–H groups in total. The SMILES string of the molecule is CN1CCN(c2cc(/C=C3/SC(=O)NC3=O)nc(N3CCN(c4ccccc4)CC3)n2)CC1. The van der Waals surface area contributed by atoms with Crippen LogP contribution in [-0.4, -0.2) is 85.4 Å². The van der Waals surface area contributed by atoms with Crippen LogP contribution in [0.25, 0.3) is 6.08 Å². The molecule has 4 heterocycles. The number of carbonyl (C=O) groups excluding carboxylic acids is 2. The quantitative estimate of drug-likeness (QED) is 0.680. The molecule has 3 saturated heterocycles. The molecule has 0 atom stereocenters. The first-order chi connectivity index (χ1) is 16.0. The highest BCUT2D eigenvalue weighted by Gasteiger charge is 2.27. The lowest BCUT2D eigenvalue weighted by Crippen LogP contribution is -2.47. The molecule has 3 aliphatic heterocycles. The summed E-state index contributed by atoms with van der Waals surface area (Å²) in [5.74, 6) is 1.16. The number of amides is 2. The van der Waals surface area contributed by atoms with E-state index in [2.05, 4.69) is 56.2 Å². The summed E-state index contributed by atoms with van der Waals surface area (Å²) in [6.07, 6.45) is 1.69. The summed E-state index contributed by atoms with van der Waals surface area (Å²) in [5.41, 5.74) is 1.87. The van der Waals surface area contributed by atoms with Crippen molar-refractivity contribution in [3.8, 4) is 0 Å². The van der Waals surface area contributed by atoms with Crippen molar-refractivity contribution in [2.75, 3.05) is 74.1 Å². The van der Waals surface area contributed by atoms with Gasteiger partial charge < -0.3 is 19.6 Å². The van der Waals surface area contributed by atoms with Gasteiger partial charge in [0.2, 0.25) is 5.95 Å². The lowest BCUT2D eigenvalue weighted by Gasteiger charge is -2.37. The Kier molecular flexibility index (Phi) is 6.19. The minimum Gasteiger partial charge on any atom is -0.368 e. The zero-order valence-corrected chi connectivity index (χ0v) is 19.4. The van der Waals surface area contributed by atoms with Crippen molar-refractivity contribution in [1.82, 2.24) is 20.2 Å². The van der Waals surface area contributed by atoms with Crippen molar-refractivity contribution >= 4 is 46.4 Å². The Morgan fingerprint density at radius 2 is 1.55 bits per heavy atom. The van der Waals surface area contributed by atoms with Crippen LogP contribution < -0.4 is 20.0 Å². The number of hydrogen-bond acceptors (Lipinski definition) is 9. The summed E-state index contributed by atoms with van der Waals surface area (Å²) in [6.45, 7) is 7.10. The van der Waals surface area contributed by atoms with E-state index in [0.29, 0.717) is 16.5 Å². The highest BCUT2D eigenvalue weighted by atomic mass is 32.2. The third-order valence-corrected chi connectivity index (χ3v) is 6.96. The van der Waals surface area contributed by atoms with Crippen molar-refractivity contribution in [2.45, 2.75) is 0 Å². The van der Waals surface area contributed by atoms with Gasteiger partial charge >= 0.3 is 0 Å². The predicted molar refractivity (Wildman–Crippen MR) is 132 cm³/mol. The molecule has 0 spiro atoms. The van der Waals surface area contributed by atoms with Gasteiger partial charge in [0.1, 0.15) is 5.82 Å². The van der Waals surface area contributed by atoms with Gasteiger partial charge in [-0.2, -0.15) is 4.98 Å². The second-order valence-electron chi connectivity index (χ2n) is 8.40. The van der Waals surface area contributed by atoms with Crippen molar-refractivity contribution in [2.24, 2.45) is 0 Å². The van der Waals surface area contributed by atoms with Gasteiger partial charge in [-0.1, -0.05) is 18.2 Å². The molecule has 2 amide bonds. The van der Waals surface area contributed by atoms with Crippen LogP contribution in [0, 0.1) is 0 Å². The minimum atomic E-state index is -0.372. The normalized spacial score (nSPS) is 21.1. The zero-order chi connectivity index (χ0) is 22.8. The molecule has 2 aromatic rings. The van der Waals surface area contributed by atoms with Crippen molar-refractivity contribution in [3.63, 3.8) is 0 Å². The van der Waals surface area contributed by atoms with Crippen molar-refractivity contribution in [1.29, 1.82) is 0 Å². The van der Waals surface area contributed by atoms with E-state index in [1.807, 2.05) is 12.1 Å². The molecule has 172 valence electrons. The van der Waals surface area contributed by atoms with Gasteiger partial charge in [-0.3, -0.25) is 14.9 Å². The van der Waals surface area contributed by atoms with Gasteiger partial charge in [-0.15, -0.1) is 0 Å². The number of thioether (sulfide) groups is 1. The van der Waals surface area contributed by atoms with Gasteiger partial charge in [-0.25, -0.2) is 4.98 Å². The molecule has 10 heteroatoms. The smallest absolute Gasteiger partial charge is 0.290 e. The summed E-state index contributed by atoms with van der Waals surface area (Å²) in [5, 5.41) is 1.96. The van der Waals surface area contributed by atoms with Crippen LogP contribution in [0.3, 0.4) is 0 Å². The molecule has 1 aromatic carbocycles. The molecule has 9 nitrogen and oxygen atoms in total. The first-order valence-corrected chi connectivity index (χ1v) is 12.0. The van der Waals surface area contributed by atoms with E-state index in [-0.39, 0.29) is 11.1 Å². The van der Waals surface area contributed by atoms with Crippen molar-refractivity contribution in [3.05, 3.63) is 47.0 Å². The van der Waals surface area contributed by atoms with Crippen LogP contribution in [0.4, 0.5) is 22.2 Å². The number of imide groups is 1. The highest BCUT2D eigenvalue weighted by Crippen LogP contribution is 2.28. The van der Waals surface area contributed by atoms with Crippen LogP contribution >= 0.6 is 11.8 Å². The second kappa shape index (κ2) is 9.40. The summed E-state index contributed by atoms with van der Waals surface area (Å²) in [6, 6.07) is 12.3. The Morgan fingerprint density at radius 3 is 2.21 bits per heavy atom. The topological polar surface area (TPSA) is 84.9 Å². The number of benzene rings is 1. The molecule has 0 aliphatic carbocycles.